The van der Waals surface area contributed by atoms with Crippen molar-refractivity contribution in [2.45, 2.75) is 51.9 Å². The summed E-state index contributed by atoms with van der Waals surface area (Å²) >= 11 is 1.38. The van der Waals surface area contributed by atoms with Crippen molar-refractivity contribution in [3.8, 4) is 11.3 Å². The summed E-state index contributed by atoms with van der Waals surface area (Å²) < 4.78 is 29.0. The van der Waals surface area contributed by atoms with Gasteiger partial charge in [-0.25, -0.2) is 18.6 Å². The molecule has 0 saturated carbocycles. The maximum atomic E-state index is 14.5. The van der Waals surface area contributed by atoms with Crippen molar-refractivity contribution in [1.29, 1.82) is 0 Å². The fourth-order valence-electron chi connectivity index (χ4n) is 4.36. The van der Waals surface area contributed by atoms with Crippen LogP contribution in [0.5, 0.6) is 0 Å². The Bertz CT molecular complexity index is 1290. The van der Waals surface area contributed by atoms with Crippen molar-refractivity contribution in [3.05, 3.63) is 75.2 Å². The van der Waals surface area contributed by atoms with Crippen molar-refractivity contribution in [3.63, 3.8) is 0 Å². The number of hydrogen-bond donors (Lipinski definition) is 2. The first-order chi connectivity index (χ1) is 16.8. The number of nitrogens with zero attached hydrogens (tertiary/aromatic N) is 1. The maximum Gasteiger partial charge on any atom is 0.331 e. The van der Waals surface area contributed by atoms with E-state index in [0.717, 1.165) is 60.0 Å². The molecule has 3 aromatic rings. The standard InChI is InChI=1S/C27H26F2N2O3S/c1-3-4-5-8-16-14-23-24(19-10-7-6-9-18(16)19)30-27(35-23)31-25(32)17-12-21(28)20(22(29)13-17)11-15(2)26(33)34/h6-7,9-13,16H,3-5,8,14H2,1-2H3,(H,33,34)(H,30,31,32)/b15-11+. The lowest BCUT2D eigenvalue weighted by molar-refractivity contribution is -0.132. The van der Waals surface area contributed by atoms with E-state index in [4.69, 9.17) is 5.11 Å². The van der Waals surface area contributed by atoms with Crippen LogP contribution in [0.15, 0.2) is 42.0 Å². The molecule has 8 heteroatoms. The van der Waals surface area contributed by atoms with Crippen molar-refractivity contribution in [2.75, 3.05) is 5.32 Å². The molecule has 0 saturated heterocycles. The Kier molecular flexibility index (Phi) is 7.40. The summed E-state index contributed by atoms with van der Waals surface area (Å²) in [6, 6.07) is 9.98. The highest BCUT2D eigenvalue weighted by molar-refractivity contribution is 7.16. The minimum Gasteiger partial charge on any atom is -0.478 e. The van der Waals surface area contributed by atoms with Crippen LogP contribution in [0.2, 0.25) is 0 Å². The summed E-state index contributed by atoms with van der Waals surface area (Å²) in [7, 11) is 0. The molecule has 1 aliphatic rings. The first-order valence-corrected chi connectivity index (χ1v) is 12.4. The van der Waals surface area contributed by atoms with E-state index in [1.807, 2.05) is 18.2 Å². The Balaban J connectivity index is 1.57. The Hall–Kier alpha value is -3.39. The summed E-state index contributed by atoms with van der Waals surface area (Å²) in [6.45, 7) is 3.42. The van der Waals surface area contributed by atoms with Gasteiger partial charge in [0.1, 0.15) is 11.6 Å². The predicted molar refractivity (Wildman–Crippen MR) is 134 cm³/mol. The molecular weight excluding hydrogens is 470 g/mol. The van der Waals surface area contributed by atoms with E-state index in [1.165, 1.54) is 30.2 Å². The van der Waals surface area contributed by atoms with E-state index in [9.17, 15) is 18.4 Å². The highest BCUT2D eigenvalue weighted by Gasteiger charge is 2.28. The van der Waals surface area contributed by atoms with E-state index in [-0.39, 0.29) is 11.1 Å². The van der Waals surface area contributed by atoms with Crippen molar-refractivity contribution in [2.24, 2.45) is 0 Å². The molecule has 4 rings (SSSR count). The Labute approximate surface area is 206 Å². The molecule has 0 radical (unpaired) electrons. The Morgan fingerprint density at radius 2 is 1.91 bits per heavy atom. The molecular formula is C27H26F2N2O3S. The van der Waals surface area contributed by atoms with Gasteiger partial charge in [0.25, 0.3) is 5.91 Å². The number of hydrogen-bond acceptors (Lipinski definition) is 4. The normalized spacial score (nSPS) is 14.9. The van der Waals surface area contributed by atoms with Gasteiger partial charge in [-0.3, -0.25) is 10.1 Å². The van der Waals surface area contributed by atoms with Gasteiger partial charge in [-0.15, -0.1) is 11.3 Å². The van der Waals surface area contributed by atoms with Gasteiger partial charge in [0.15, 0.2) is 5.13 Å². The van der Waals surface area contributed by atoms with E-state index < -0.39 is 29.1 Å². The van der Waals surface area contributed by atoms with Crippen LogP contribution in [0.3, 0.4) is 0 Å². The quantitative estimate of drug-likeness (QED) is 0.259. The molecule has 0 spiro atoms. The van der Waals surface area contributed by atoms with E-state index in [1.54, 1.807) is 0 Å². The summed E-state index contributed by atoms with van der Waals surface area (Å²) in [5.74, 6) is -3.61. The second-order valence-electron chi connectivity index (χ2n) is 8.72. The topological polar surface area (TPSA) is 79.3 Å². The number of aliphatic carboxylic acids is 1. The van der Waals surface area contributed by atoms with Gasteiger partial charge in [-0.1, -0.05) is 50.5 Å². The molecule has 2 aromatic carbocycles. The first-order valence-electron chi connectivity index (χ1n) is 11.6. The van der Waals surface area contributed by atoms with Gasteiger partial charge in [0, 0.05) is 27.1 Å². The van der Waals surface area contributed by atoms with Crippen LogP contribution in [-0.2, 0) is 11.2 Å². The summed E-state index contributed by atoms with van der Waals surface area (Å²) in [5.41, 5.74) is 2.24. The zero-order chi connectivity index (χ0) is 25.1. The van der Waals surface area contributed by atoms with Gasteiger partial charge in [-0.05, 0) is 49.5 Å². The molecule has 0 fully saturated rings. The lowest BCUT2D eigenvalue weighted by atomic mass is 9.81. The molecule has 5 nitrogen and oxygen atoms in total. The molecule has 1 unspecified atom stereocenters. The number of carboxylic acids is 1. The number of nitrogens with one attached hydrogen (secondary N) is 1. The van der Waals surface area contributed by atoms with Gasteiger partial charge in [0.2, 0.25) is 0 Å². The number of rotatable bonds is 8. The Morgan fingerprint density at radius 3 is 2.60 bits per heavy atom. The maximum absolute atomic E-state index is 14.5. The zero-order valence-electron chi connectivity index (χ0n) is 19.5. The van der Waals surface area contributed by atoms with Crippen LogP contribution in [0.1, 0.15) is 71.8 Å². The molecule has 1 aliphatic carbocycles. The second-order valence-corrected chi connectivity index (χ2v) is 9.80. The monoisotopic (exact) mass is 496 g/mol. The van der Waals surface area contributed by atoms with E-state index >= 15 is 0 Å². The lowest BCUT2D eigenvalue weighted by Gasteiger charge is -2.24. The van der Waals surface area contributed by atoms with Gasteiger partial charge in [0.05, 0.1) is 5.69 Å². The number of anilines is 1. The van der Waals surface area contributed by atoms with Gasteiger partial charge in [-0.2, -0.15) is 0 Å². The molecule has 0 aliphatic heterocycles. The number of carboxylic acid groups (broad SMARTS) is 1. The molecule has 1 amide bonds. The van der Waals surface area contributed by atoms with Crippen LogP contribution in [-0.4, -0.2) is 22.0 Å². The third kappa shape index (κ3) is 5.32. The van der Waals surface area contributed by atoms with Gasteiger partial charge >= 0.3 is 5.97 Å². The molecule has 0 bridgehead atoms. The smallest absolute Gasteiger partial charge is 0.331 e. The predicted octanol–water partition coefficient (Wildman–Crippen LogP) is 7.05. The average Bonchev–Trinajstić information content (AvgIpc) is 3.23. The molecule has 35 heavy (non-hydrogen) atoms. The Morgan fingerprint density at radius 1 is 1.20 bits per heavy atom. The number of unbranched alkanes of at least 4 members (excludes halogenated alkanes) is 2. The summed E-state index contributed by atoms with van der Waals surface area (Å²) in [5, 5.41) is 12.0. The number of carbonyl (C=O) groups is 2. The first kappa shape index (κ1) is 24.7. The van der Waals surface area contributed by atoms with Crippen molar-refractivity contribution in [1.82, 2.24) is 4.98 Å². The van der Waals surface area contributed by atoms with Crippen molar-refractivity contribution >= 4 is 34.4 Å². The van der Waals surface area contributed by atoms with Crippen LogP contribution < -0.4 is 5.32 Å². The summed E-state index contributed by atoms with van der Waals surface area (Å²) in [6.07, 6.45) is 6.34. The van der Waals surface area contributed by atoms with Gasteiger partial charge < -0.3 is 5.11 Å². The third-order valence-electron chi connectivity index (χ3n) is 6.20. The average molecular weight is 497 g/mol. The second kappa shape index (κ2) is 10.5. The third-order valence-corrected chi connectivity index (χ3v) is 7.19. The highest BCUT2D eigenvalue weighted by Crippen LogP contribution is 2.44. The summed E-state index contributed by atoms with van der Waals surface area (Å²) in [4.78, 5) is 29.5. The SMILES string of the molecule is CCCCCC1Cc2sc(NC(=O)c3cc(F)c(/C=C(\C)C(=O)O)c(F)c3)nc2-c2ccccc21. The minimum atomic E-state index is -1.28. The fourth-order valence-corrected chi connectivity index (χ4v) is 5.41. The molecule has 1 aromatic heterocycles. The lowest BCUT2D eigenvalue weighted by Crippen LogP contribution is -2.13. The van der Waals surface area contributed by atoms with Crippen LogP contribution in [0.4, 0.5) is 13.9 Å². The van der Waals surface area contributed by atoms with E-state index in [2.05, 4.69) is 23.3 Å². The van der Waals surface area contributed by atoms with Crippen molar-refractivity contribution < 1.29 is 23.5 Å². The van der Waals surface area contributed by atoms with Crippen LogP contribution in [0.25, 0.3) is 17.3 Å². The molecule has 1 atom stereocenters. The van der Waals surface area contributed by atoms with Crippen LogP contribution >= 0.6 is 11.3 Å². The fraction of sp³-hybridized carbons (Fsp3) is 0.296. The number of thiazole rings is 1. The molecule has 2 N–H and O–H groups in total. The van der Waals surface area contributed by atoms with E-state index in [0.29, 0.717) is 11.0 Å². The number of aromatic nitrogens is 1. The number of amides is 1. The molecule has 1 heterocycles. The number of fused-ring (bicyclic) bond motifs is 3. The highest BCUT2D eigenvalue weighted by atomic mass is 32.1. The zero-order valence-corrected chi connectivity index (χ0v) is 20.3. The minimum absolute atomic E-state index is 0.212. The number of carbonyl (C=O) groups excluding carboxylic acids is 1. The number of halogens is 2. The molecule has 182 valence electrons. The van der Waals surface area contributed by atoms with Crippen LogP contribution in [0, 0.1) is 11.6 Å². The number of benzene rings is 2. The largest absolute Gasteiger partial charge is 0.478 e.